The molecule has 0 radical (unpaired) electrons. The van der Waals surface area contributed by atoms with Gasteiger partial charge in [0, 0.05) is 10.7 Å². The highest BCUT2D eigenvalue weighted by Crippen LogP contribution is 2.25. The Balaban J connectivity index is 1.66. The number of anilines is 1. The van der Waals surface area contributed by atoms with Crippen LogP contribution in [-0.2, 0) is 16.4 Å². The van der Waals surface area contributed by atoms with Crippen LogP contribution >= 0.6 is 11.6 Å². The molecule has 0 aliphatic heterocycles. The topological polar surface area (TPSA) is 55.4 Å². The van der Waals surface area contributed by atoms with Gasteiger partial charge in [-0.1, -0.05) is 37.1 Å². The molecule has 1 N–H and O–H groups in total. The maximum Gasteiger partial charge on any atom is 0.261 e. The van der Waals surface area contributed by atoms with Crippen molar-refractivity contribution in [3.8, 4) is 11.5 Å². The summed E-state index contributed by atoms with van der Waals surface area (Å²) in [5, 5.41) is 0.635. The number of nitrogens with one attached hydrogen (secondary N) is 1. The summed E-state index contributed by atoms with van der Waals surface area (Å²) in [5.74, 6) is 1.26. The van der Waals surface area contributed by atoms with Gasteiger partial charge in [-0.3, -0.25) is 4.72 Å². The molecule has 0 aromatic heterocycles. The lowest BCUT2D eigenvalue weighted by atomic mass is 10.1. The summed E-state index contributed by atoms with van der Waals surface area (Å²) in [5.41, 5.74) is 1.61. The van der Waals surface area contributed by atoms with E-state index in [0.29, 0.717) is 22.2 Å². The number of aryl methyl sites for hydroxylation is 1. The van der Waals surface area contributed by atoms with Crippen molar-refractivity contribution in [3.63, 3.8) is 0 Å². The van der Waals surface area contributed by atoms with Gasteiger partial charge in [-0.15, -0.1) is 0 Å². The maximum atomic E-state index is 12.6. The van der Waals surface area contributed by atoms with Gasteiger partial charge in [-0.25, -0.2) is 8.42 Å². The summed E-state index contributed by atoms with van der Waals surface area (Å²) in [6.07, 6.45) is 3.16. The fourth-order valence-electron chi connectivity index (χ4n) is 2.66. The fraction of sp³-hybridized carbons (Fsp3) is 0.182. The molecule has 0 bridgehead atoms. The van der Waals surface area contributed by atoms with E-state index in [4.69, 9.17) is 16.3 Å². The normalized spacial score (nSPS) is 11.2. The Hall–Kier alpha value is -2.50. The van der Waals surface area contributed by atoms with E-state index in [-0.39, 0.29) is 4.90 Å². The molecular formula is C22H22ClNO3S. The van der Waals surface area contributed by atoms with E-state index >= 15 is 0 Å². The molecule has 3 rings (SSSR count). The molecule has 28 heavy (non-hydrogen) atoms. The number of halogens is 1. The average Bonchev–Trinajstić information content (AvgIpc) is 2.70. The first-order valence-corrected chi connectivity index (χ1v) is 11.0. The monoisotopic (exact) mass is 415 g/mol. The van der Waals surface area contributed by atoms with Gasteiger partial charge in [0.05, 0.1) is 4.90 Å². The van der Waals surface area contributed by atoms with E-state index in [2.05, 4.69) is 11.6 Å². The quantitative estimate of drug-likeness (QED) is 0.471. The SMILES string of the molecule is CCCCc1ccc(S(=O)(=O)Nc2ccc(Oc3ccc(Cl)cc3)cc2)cc1. The van der Waals surface area contributed by atoms with Gasteiger partial charge in [0.1, 0.15) is 11.5 Å². The van der Waals surface area contributed by atoms with Crippen LogP contribution in [0.2, 0.25) is 5.02 Å². The van der Waals surface area contributed by atoms with Crippen LogP contribution in [0.25, 0.3) is 0 Å². The van der Waals surface area contributed by atoms with E-state index in [0.717, 1.165) is 24.8 Å². The predicted octanol–water partition coefficient (Wildman–Crippen LogP) is 6.28. The molecule has 3 aromatic rings. The number of hydrogen-bond donors (Lipinski definition) is 1. The van der Waals surface area contributed by atoms with Crippen molar-refractivity contribution >= 4 is 27.3 Å². The number of unbranched alkanes of at least 4 members (excludes halogenated alkanes) is 1. The second-order valence-electron chi connectivity index (χ2n) is 6.43. The summed E-state index contributed by atoms with van der Waals surface area (Å²) in [6, 6.07) is 20.8. The van der Waals surface area contributed by atoms with E-state index in [1.165, 1.54) is 0 Å². The lowest BCUT2D eigenvalue weighted by Gasteiger charge is -2.10. The van der Waals surface area contributed by atoms with Crippen LogP contribution in [0.4, 0.5) is 5.69 Å². The fourth-order valence-corrected chi connectivity index (χ4v) is 3.84. The highest BCUT2D eigenvalue weighted by Gasteiger charge is 2.14. The van der Waals surface area contributed by atoms with Crippen LogP contribution in [0, 0.1) is 0 Å². The van der Waals surface area contributed by atoms with Gasteiger partial charge in [-0.2, -0.15) is 0 Å². The van der Waals surface area contributed by atoms with E-state index < -0.39 is 10.0 Å². The molecule has 0 aliphatic rings. The van der Waals surface area contributed by atoms with Crippen LogP contribution in [0.1, 0.15) is 25.3 Å². The van der Waals surface area contributed by atoms with Crippen LogP contribution in [0.5, 0.6) is 11.5 Å². The number of rotatable bonds is 8. The zero-order valence-corrected chi connectivity index (χ0v) is 17.1. The van der Waals surface area contributed by atoms with Gasteiger partial charge < -0.3 is 4.74 Å². The molecule has 0 heterocycles. The highest BCUT2D eigenvalue weighted by atomic mass is 35.5. The zero-order valence-electron chi connectivity index (χ0n) is 15.6. The molecular weight excluding hydrogens is 394 g/mol. The van der Waals surface area contributed by atoms with Crippen molar-refractivity contribution in [2.45, 2.75) is 31.1 Å². The average molecular weight is 416 g/mol. The molecule has 146 valence electrons. The number of sulfonamides is 1. The van der Waals surface area contributed by atoms with Crippen LogP contribution < -0.4 is 9.46 Å². The standard InChI is InChI=1S/C22H22ClNO3S/c1-2-3-4-17-5-15-22(16-6-17)28(25,26)24-19-9-13-21(14-10-19)27-20-11-7-18(23)8-12-20/h5-16,24H,2-4H2,1H3. The third kappa shape index (κ3) is 5.50. The first-order valence-electron chi connectivity index (χ1n) is 9.11. The first kappa shape index (κ1) is 20.2. The summed E-state index contributed by atoms with van der Waals surface area (Å²) in [7, 11) is -3.63. The third-order valence-corrected chi connectivity index (χ3v) is 5.86. The first-order chi connectivity index (χ1) is 13.5. The van der Waals surface area contributed by atoms with Crippen molar-refractivity contribution in [1.82, 2.24) is 0 Å². The van der Waals surface area contributed by atoms with Gasteiger partial charge in [0.15, 0.2) is 0 Å². The smallest absolute Gasteiger partial charge is 0.261 e. The van der Waals surface area contributed by atoms with E-state index in [1.807, 2.05) is 12.1 Å². The summed E-state index contributed by atoms with van der Waals surface area (Å²) in [6.45, 7) is 2.13. The molecule has 0 unspecified atom stereocenters. The van der Waals surface area contributed by atoms with Gasteiger partial charge in [0.25, 0.3) is 10.0 Å². The van der Waals surface area contributed by atoms with Gasteiger partial charge >= 0.3 is 0 Å². The third-order valence-electron chi connectivity index (χ3n) is 4.21. The van der Waals surface area contributed by atoms with Gasteiger partial charge in [0.2, 0.25) is 0 Å². The number of ether oxygens (including phenoxy) is 1. The number of hydrogen-bond acceptors (Lipinski definition) is 3. The van der Waals surface area contributed by atoms with Crippen molar-refractivity contribution in [2.24, 2.45) is 0 Å². The molecule has 4 nitrogen and oxygen atoms in total. The van der Waals surface area contributed by atoms with Crippen molar-refractivity contribution in [3.05, 3.63) is 83.4 Å². The van der Waals surface area contributed by atoms with Crippen molar-refractivity contribution in [2.75, 3.05) is 4.72 Å². The van der Waals surface area contributed by atoms with E-state index in [9.17, 15) is 8.42 Å². The second-order valence-corrected chi connectivity index (χ2v) is 8.55. The Morgan fingerprint density at radius 2 is 1.43 bits per heavy atom. The summed E-state index contributed by atoms with van der Waals surface area (Å²) < 4.78 is 33.5. The lowest BCUT2D eigenvalue weighted by Crippen LogP contribution is -2.12. The second kappa shape index (κ2) is 9.13. The maximum absolute atomic E-state index is 12.6. The summed E-state index contributed by atoms with van der Waals surface area (Å²) in [4.78, 5) is 0.245. The minimum absolute atomic E-state index is 0.245. The summed E-state index contributed by atoms with van der Waals surface area (Å²) >= 11 is 5.86. The van der Waals surface area contributed by atoms with Crippen LogP contribution in [0.3, 0.4) is 0 Å². The minimum atomic E-state index is -3.63. The van der Waals surface area contributed by atoms with Crippen molar-refractivity contribution in [1.29, 1.82) is 0 Å². The largest absolute Gasteiger partial charge is 0.457 e. The molecule has 0 aliphatic carbocycles. The van der Waals surface area contributed by atoms with Crippen molar-refractivity contribution < 1.29 is 13.2 Å². The molecule has 0 atom stereocenters. The highest BCUT2D eigenvalue weighted by molar-refractivity contribution is 7.92. The molecule has 3 aromatic carbocycles. The lowest BCUT2D eigenvalue weighted by molar-refractivity contribution is 0.483. The Morgan fingerprint density at radius 1 is 0.857 bits per heavy atom. The minimum Gasteiger partial charge on any atom is -0.457 e. The molecule has 0 fully saturated rings. The molecule has 0 saturated carbocycles. The molecule has 6 heteroatoms. The Morgan fingerprint density at radius 3 is 2.00 bits per heavy atom. The Kier molecular flexibility index (Phi) is 6.60. The Bertz CT molecular complexity index is 999. The number of benzene rings is 3. The van der Waals surface area contributed by atoms with Crippen LogP contribution in [-0.4, -0.2) is 8.42 Å². The zero-order chi connectivity index (χ0) is 20.0. The van der Waals surface area contributed by atoms with Gasteiger partial charge in [-0.05, 0) is 79.1 Å². The predicted molar refractivity (Wildman–Crippen MR) is 114 cm³/mol. The van der Waals surface area contributed by atoms with Crippen LogP contribution in [0.15, 0.2) is 77.7 Å². The molecule has 0 saturated heterocycles. The molecule has 0 amide bonds. The Labute approximate surface area is 171 Å². The van der Waals surface area contributed by atoms with E-state index in [1.54, 1.807) is 60.7 Å². The molecule has 0 spiro atoms.